The van der Waals surface area contributed by atoms with Gasteiger partial charge in [-0.25, -0.2) is 9.97 Å². The maximum Gasteiger partial charge on any atom is 0.166 e. The first kappa shape index (κ1) is 12.2. The third-order valence-electron chi connectivity index (χ3n) is 2.54. The quantitative estimate of drug-likeness (QED) is 0.776. The molecule has 0 aliphatic carbocycles. The second-order valence-electron chi connectivity index (χ2n) is 4.05. The summed E-state index contributed by atoms with van der Waals surface area (Å²) in [6, 6.07) is 7.00. The van der Waals surface area contributed by atoms with Gasteiger partial charge in [0, 0.05) is 5.56 Å². The van der Waals surface area contributed by atoms with Gasteiger partial charge in [-0.1, -0.05) is 0 Å². The summed E-state index contributed by atoms with van der Waals surface area (Å²) in [5.41, 5.74) is 1.46. The first-order valence-electron chi connectivity index (χ1n) is 5.65. The van der Waals surface area contributed by atoms with Gasteiger partial charge in [0.15, 0.2) is 11.5 Å². The molecule has 0 aliphatic heterocycles. The third kappa shape index (κ3) is 2.71. The van der Waals surface area contributed by atoms with Crippen LogP contribution in [0.4, 0.5) is 0 Å². The zero-order chi connectivity index (χ0) is 13.1. The van der Waals surface area contributed by atoms with E-state index in [4.69, 9.17) is 4.74 Å². The van der Waals surface area contributed by atoms with Gasteiger partial charge in [0.25, 0.3) is 0 Å². The van der Waals surface area contributed by atoms with E-state index in [0.717, 1.165) is 5.69 Å². The Hall–Kier alpha value is -2.23. The molecule has 0 saturated carbocycles. The molecule has 1 aromatic heterocycles. The molecule has 2 rings (SSSR count). The molecule has 2 aromatic rings. The lowest BCUT2D eigenvalue weighted by molar-refractivity contribution is 0.101. The second kappa shape index (κ2) is 4.96. The Labute approximate surface area is 106 Å². The summed E-state index contributed by atoms with van der Waals surface area (Å²) in [6.07, 6.45) is 1.65. The molecular formula is C14H14N2O2. The number of aryl methyl sites for hydroxylation is 2. The average molecular weight is 242 g/mol. The van der Waals surface area contributed by atoms with Crippen LogP contribution in [-0.2, 0) is 0 Å². The number of benzene rings is 1. The van der Waals surface area contributed by atoms with Crippen molar-refractivity contribution < 1.29 is 9.53 Å². The van der Waals surface area contributed by atoms with Gasteiger partial charge in [-0.05, 0) is 45.0 Å². The number of Topliss-reactive ketones (excluding diaryl/α,β-unsaturated/α-hetero) is 1. The normalized spacial score (nSPS) is 10.2. The summed E-state index contributed by atoms with van der Waals surface area (Å²) in [5, 5.41) is 0. The van der Waals surface area contributed by atoms with Gasteiger partial charge in [0.2, 0.25) is 0 Å². The minimum atomic E-state index is 0.0383. The molecule has 1 aromatic carbocycles. The fourth-order valence-electron chi connectivity index (χ4n) is 1.56. The van der Waals surface area contributed by atoms with E-state index in [2.05, 4.69) is 9.97 Å². The molecule has 92 valence electrons. The van der Waals surface area contributed by atoms with Crippen LogP contribution < -0.4 is 4.74 Å². The Morgan fingerprint density at radius 3 is 2.39 bits per heavy atom. The molecule has 18 heavy (non-hydrogen) atoms. The number of hydrogen-bond donors (Lipinski definition) is 0. The first-order chi connectivity index (χ1) is 8.56. The Balaban J connectivity index is 2.21. The van der Waals surface area contributed by atoms with Crippen molar-refractivity contribution in [2.45, 2.75) is 20.8 Å². The number of hydrogen-bond acceptors (Lipinski definition) is 4. The Bertz CT molecular complexity index is 577. The monoisotopic (exact) mass is 242 g/mol. The molecule has 4 heteroatoms. The lowest BCUT2D eigenvalue weighted by Gasteiger charge is -2.08. The predicted octanol–water partition coefficient (Wildman–Crippen LogP) is 3.09. The standard InChI is InChI=1S/C14H14N2O2/c1-9-14(8-15-11(3)16-9)18-13-6-4-12(5-7-13)10(2)17/h4-8H,1-3H3. The third-order valence-corrected chi connectivity index (χ3v) is 2.54. The summed E-state index contributed by atoms with van der Waals surface area (Å²) in [6.45, 7) is 5.24. The number of carbonyl (C=O) groups is 1. The van der Waals surface area contributed by atoms with Gasteiger partial charge < -0.3 is 4.74 Å². The van der Waals surface area contributed by atoms with Crippen molar-refractivity contribution in [1.29, 1.82) is 0 Å². The van der Waals surface area contributed by atoms with E-state index in [1.165, 1.54) is 6.92 Å². The molecule has 0 N–H and O–H groups in total. The molecule has 0 atom stereocenters. The van der Waals surface area contributed by atoms with Gasteiger partial charge in [-0.2, -0.15) is 0 Å². The van der Waals surface area contributed by atoms with Gasteiger partial charge in [0.1, 0.15) is 11.6 Å². The lowest BCUT2D eigenvalue weighted by atomic mass is 10.1. The molecule has 4 nitrogen and oxygen atoms in total. The number of aromatic nitrogens is 2. The van der Waals surface area contributed by atoms with E-state index in [1.54, 1.807) is 30.5 Å². The molecule has 0 aliphatic rings. The molecule has 0 spiro atoms. The number of carbonyl (C=O) groups excluding carboxylic acids is 1. The highest BCUT2D eigenvalue weighted by atomic mass is 16.5. The number of ether oxygens (including phenoxy) is 1. The highest BCUT2D eigenvalue weighted by Crippen LogP contribution is 2.23. The molecule has 0 unspecified atom stereocenters. The largest absolute Gasteiger partial charge is 0.454 e. The van der Waals surface area contributed by atoms with E-state index in [9.17, 15) is 4.79 Å². The van der Waals surface area contributed by atoms with Crippen molar-refractivity contribution in [1.82, 2.24) is 9.97 Å². The van der Waals surface area contributed by atoms with Crippen LogP contribution >= 0.6 is 0 Å². The summed E-state index contributed by atoms with van der Waals surface area (Å²) >= 11 is 0. The van der Waals surface area contributed by atoms with Crippen molar-refractivity contribution in [3.8, 4) is 11.5 Å². The number of ketones is 1. The van der Waals surface area contributed by atoms with Crippen LogP contribution in [0, 0.1) is 13.8 Å². The van der Waals surface area contributed by atoms with Crippen LogP contribution in [0.15, 0.2) is 30.5 Å². The predicted molar refractivity (Wildman–Crippen MR) is 68.0 cm³/mol. The molecule has 0 fully saturated rings. The molecule has 1 heterocycles. The van der Waals surface area contributed by atoms with Gasteiger partial charge in [-0.15, -0.1) is 0 Å². The van der Waals surface area contributed by atoms with E-state index >= 15 is 0 Å². The molecule has 0 saturated heterocycles. The minimum Gasteiger partial charge on any atom is -0.454 e. The van der Waals surface area contributed by atoms with Crippen LogP contribution in [-0.4, -0.2) is 15.8 Å². The van der Waals surface area contributed by atoms with E-state index in [-0.39, 0.29) is 5.78 Å². The molecule has 0 radical (unpaired) electrons. The second-order valence-corrected chi connectivity index (χ2v) is 4.05. The van der Waals surface area contributed by atoms with E-state index in [0.29, 0.717) is 22.9 Å². The lowest BCUT2D eigenvalue weighted by Crippen LogP contribution is -1.96. The summed E-state index contributed by atoms with van der Waals surface area (Å²) in [4.78, 5) is 19.5. The summed E-state index contributed by atoms with van der Waals surface area (Å²) in [7, 11) is 0. The number of nitrogens with zero attached hydrogens (tertiary/aromatic N) is 2. The van der Waals surface area contributed by atoms with Crippen LogP contribution in [0.1, 0.15) is 28.8 Å². The molecule has 0 bridgehead atoms. The summed E-state index contributed by atoms with van der Waals surface area (Å²) < 4.78 is 5.66. The first-order valence-corrected chi connectivity index (χ1v) is 5.65. The van der Waals surface area contributed by atoms with Crippen LogP contribution in [0.2, 0.25) is 0 Å². The molecular weight excluding hydrogens is 228 g/mol. The van der Waals surface area contributed by atoms with E-state index < -0.39 is 0 Å². The number of rotatable bonds is 3. The van der Waals surface area contributed by atoms with Gasteiger partial charge >= 0.3 is 0 Å². The Morgan fingerprint density at radius 2 is 1.83 bits per heavy atom. The zero-order valence-electron chi connectivity index (χ0n) is 10.6. The highest BCUT2D eigenvalue weighted by Gasteiger charge is 2.05. The van der Waals surface area contributed by atoms with E-state index in [1.807, 2.05) is 13.8 Å². The van der Waals surface area contributed by atoms with Crippen molar-refractivity contribution in [2.75, 3.05) is 0 Å². The van der Waals surface area contributed by atoms with Gasteiger partial charge in [-0.3, -0.25) is 4.79 Å². The van der Waals surface area contributed by atoms with Crippen LogP contribution in [0.25, 0.3) is 0 Å². The Kier molecular flexibility index (Phi) is 3.37. The SMILES string of the molecule is CC(=O)c1ccc(Oc2cnc(C)nc2C)cc1. The van der Waals surface area contributed by atoms with Crippen molar-refractivity contribution in [3.05, 3.63) is 47.5 Å². The van der Waals surface area contributed by atoms with Crippen molar-refractivity contribution in [3.63, 3.8) is 0 Å². The van der Waals surface area contributed by atoms with Crippen molar-refractivity contribution in [2.24, 2.45) is 0 Å². The maximum atomic E-state index is 11.1. The average Bonchev–Trinajstić information content (AvgIpc) is 2.33. The fraction of sp³-hybridized carbons (Fsp3) is 0.214. The summed E-state index contributed by atoms with van der Waals surface area (Å²) in [5.74, 6) is 2.04. The maximum absolute atomic E-state index is 11.1. The van der Waals surface area contributed by atoms with Crippen molar-refractivity contribution >= 4 is 5.78 Å². The smallest absolute Gasteiger partial charge is 0.166 e. The van der Waals surface area contributed by atoms with Gasteiger partial charge in [0.05, 0.1) is 11.9 Å². The minimum absolute atomic E-state index is 0.0383. The zero-order valence-corrected chi connectivity index (χ0v) is 10.6. The highest BCUT2D eigenvalue weighted by molar-refractivity contribution is 5.94. The topological polar surface area (TPSA) is 52.1 Å². The fourth-order valence-corrected chi connectivity index (χ4v) is 1.56. The Morgan fingerprint density at radius 1 is 1.17 bits per heavy atom. The molecule has 0 amide bonds. The van der Waals surface area contributed by atoms with Crippen LogP contribution in [0.5, 0.6) is 11.5 Å². The van der Waals surface area contributed by atoms with Crippen LogP contribution in [0.3, 0.4) is 0 Å².